The van der Waals surface area contributed by atoms with Crippen LogP contribution in [0.15, 0.2) is 42.5 Å². The Bertz CT molecular complexity index is 677. The molecule has 0 fully saturated rings. The van der Waals surface area contributed by atoms with Gasteiger partial charge in [-0.05, 0) is 51.5 Å². The predicted octanol–water partition coefficient (Wildman–Crippen LogP) is 4.37. The van der Waals surface area contributed by atoms with Crippen LogP contribution in [0.4, 0.5) is 5.69 Å². The topological polar surface area (TPSA) is 29.5 Å². The molecule has 0 bridgehead atoms. The molecule has 0 spiro atoms. The molecule has 0 aliphatic heterocycles. The molecule has 2 rings (SSSR count). The highest BCUT2D eigenvalue weighted by atomic mass is 16.5. The summed E-state index contributed by atoms with van der Waals surface area (Å²) in [5.74, 6) is 0.558. The van der Waals surface area contributed by atoms with E-state index in [1.165, 1.54) is 5.56 Å². The molecule has 3 nitrogen and oxygen atoms in total. The van der Waals surface area contributed by atoms with Crippen molar-refractivity contribution in [3.05, 3.63) is 59.2 Å². The van der Waals surface area contributed by atoms with E-state index in [-0.39, 0.29) is 12.0 Å². The molecule has 0 N–H and O–H groups in total. The normalized spacial score (nSPS) is 10.6. The summed E-state index contributed by atoms with van der Waals surface area (Å²) in [5.41, 5.74) is 3.76. The fraction of sp³-hybridized carbons (Fsp3) is 0.316. The zero-order valence-electron chi connectivity index (χ0n) is 13.9. The second-order valence-corrected chi connectivity index (χ2v) is 5.82. The van der Waals surface area contributed by atoms with Gasteiger partial charge in [0, 0.05) is 12.7 Å². The average molecular weight is 297 g/mol. The Morgan fingerprint density at radius 2 is 1.77 bits per heavy atom. The van der Waals surface area contributed by atoms with Gasteiger partial charge >= 0.3 is 0 Å². The van der Waals surface area contributed by atoms with Crippen molar-refractivity contribution >= 4 is 11.6 Å². The lowest BCUT2D eigenvalue weighted by molar-refractivity contribution is 0.0987. The first-order chi connectivity index (χ1) is 10.4. The van der Waals surface area contributed by atoms with Crippen LogP contribution in [-0.4, -0.2) is 19.1 Å². The zero-order chi connectivity index (χ0) is 16.3. The van der Waals surface area contributed by atoms with Crippen LogP contribution in [-0.2, 0) is 0 Å². The van der Waals surface area contributed by atoms with Gasteiger partial charge < -0.3 is 9.64 Å². The molecule has 0 atom stereocenters. The number of para-hydroxylation sites is 1. The van der Waals surface area contributed by atoms with E-state index in [1.54, 1.807) is 18.0 Å². The van der Waals surface area contributed by atoms with Crippen molar-refractivity contribution in [2.75, 3.05) is 11.9 Å². The van der Waals surface area contributed by atoms with Gasteiger partial charge in [0.2, 0.25) is 0 Å². The maximum atomic E-state index is 12.8. The first-order valence-corrected chi connectivity index (χ1v) is 7.51. The van der Waals surface area contributed by atoms with Gasteiger partial charge in [0.05, 0.1) is 11.7 Å². The quantitative estimate of drug-likeness (QED) is 0.838. The minimum Gasteiger partial charge on any atom is -0.490 e. The Hall–Kier alpha value is -2.29. The number of hydrogen-bond acceptors (Lipinski definition) is 2. The lowest BCUT2D eigenvalue weighted by atomic mass is 10.1. The van der Waals surface area contributed by atoms with E-state index in [4.69, 9.17) is 4.74 Å². The molecule has 0 aliphatic rings. The van der Waals surface area contributed by atoms with Crippen LogP contribution in [0.3, 0.4) is 0 Å². The van der Waals surface area contributed by atoms with E-state index in [0.717, 1.165) is 11.3 Å². The molecule has 1 amide bonds. The largest absolute Gasteiger partial charge is 0.490 e. The number of benzene rings is 2. The summed E-state index contributed by atoms with van der Waals surface area (Å²) in [5, 5.41) is 0. The fourth-order valence-corrected chi connectivity index (χ4v) is 2.47. The second kappa shape index (κ2) is 6.65. The number of carbonyl (C=O) groups excluding carboxylic acids is 1. The SMILES string of the molecule is Cc1ccc(N(C)C(=O)c2ccccc2OC(C)C)c(C)c1. The molecular weight excluding hydrogens is 274 g/mol. The van der Waals surface area contributed by atoms with Crippen LogP contribution in [0.25, 0.3) is 0 Å². The molecule has 2 aromatic rings. The minimum absolute atomic E-state index is 0.0281. The van der Waals surface area contributed by atoms with Gasteiger partial charge in [-0.25, -0.2) is 0 Å². The van der Waals surface area contributed by atoms with Crippen LogP contribution >= 0.6 is 0 Å². The maximum Gasteiger partial charge on any atom is 0.261 e. The van der Waals surface area contributed by atoms with Gasteiger partial charge in [-0.2, -0.15) is 0 Å². The van der Waals surface area contributed by atoms with Crippen molar-refractivity contribution in [1.82, 2.24) is 0 Å². The predicted molar refractivity (Wildman–Crippen MR) is 90.9 cm³/mol. The molecular formula is C19H23NO2. The third kappa shape index (κ3) is 3.48. The van der Waals surface area contributed by atoms with Gasteiger partial charge in [0.1, 0.15) is 5.75 Å². The highest BCUT2D eigenvalue weighted by molar-refractivity contribution is 6.07. The van der Waals surface area contributed by atoms with Crippen LogP contribution < -0.4 is 9.64 Å². The van der Waals surface area contributed by atoms with Gasteiger partial charge in [-0.1, -0.05) is 29.8 Å². The molecule has 116 valence electrons. The van der Waals surface area contributed by atoms with Crippen molar-refractivity contribution in [2.45, 2.75) is 33.8 Å². The van der Waals surface area contributed by atoms with E-state index < -0.39 is 0 Å². The Labute approximate surface area is 132 Å². The number of amides is 1. The fourth-order valence-electron chi connectivity index (χ4n) is 2.47. The zero-order valence-corrected chi connectivity index (χ0v) is 13.9. The van der Waals surface area contributed by atoms with Gasteiger partial charge in [0.25, 0.3) is 5.91 Å². The number of nitrogens with zero attached hydrogens (tertiary/aromatic N) is 1. The Balaban J connectivity index is 2.35. The second-order valence-electron chi connectivity index (χ2n) is 5.82. The summed E-state index contributed by atoms with van der Waals surface area (Å²) < 4.78 is 5.75. The van der Waals surface area contributed by atoms with Crippen molar-refractivity contribution in [2.24, 2.45) is 0 Å². The summed E-state index contributed by atoms with van der Waals surface area (Å²) in [6.07, 6.45) is 0.0281. The molecule has 0 saturated heterocycles. The third-order valence-electron chi connectivity index (χ3n) is 3.50. The number of anilines is 1. The summed E-state index contributed by atoms with van der Waals surface area (Å²) in [6, 6.07) is 13.5. The third-order valence-corrected chi connectivity index (χ3v) is 3.50. The van der Waals surface area contributed by atoms with Crippen LogP contribution in [0, 0.1) is 13.8 Å². The van der Waals surface area contributed by atoms with Gasteiger partial charge in [0.15, 0.2) is 0 Å². The number of carbonyl (C=O) groups is 1. The molecule has 3 heteroatoms. The maximum absolute atomic E-state index is 12.8. The Morgan fingerprint density at radius 3 is 2.41 bits per heavy atom. The summed E-state index contributed by atoms with van der Waals surface area (Å²) in [4.78, 5) is 14.5. The number of hydrogen-bond donors (Lipinski definition) is 0. The smallest absolute Gasteiger partial charge is 0.261 e. The minimum atomic E-state index is -0.0665. The number of ether oxygens (including phenoxy) is 1. The first-order valence-electron chi connectivity index (χ1n) is 7.51. The summed E-state index contributed by atoms with van der Waals surface area (Å²) in [6.45, 7) is 7.97. The molecule has 2 aromatic carbocycles. The van der Waals surface area contributed by atoms with Crippen molar-refractivity contribution in [3.8, 4) is 5.75 Å². The molecule has 0 aliphatic carbocycles. The number of rotatable bonds is 4. The van der Waals surface area contributed by atoms with E-state index in [1.807, 2.05) is 58.0 Å². The van der Waals surface area contributed by atoms with Crippen molar-refractivity contribution in [3.63, 3.8) is 0 Å². The molecule has 0 saturated carbocycles. The highest BCUT2D eigenvalue weighted by Crippen LogP contribution is 2.25. The Kier molecular flexibility index (Phi) is 4.86. The monoisotopic (exact) mass is 297 g/mol. The first kappa shape index (κ1) is 16.1. The van der Waals surface area contributed by atoms with Crippen LogP contribution in [0.2, 0.25) is 0 Å². The summed E-state index contributed by atoms with van der Waals surface area (Å²) >= 11 is 0. The highest BCUT2D eigenvalue weighted by Gasteiger charge is 2.19. The van der Waals surface area contributed by atoms with E-state index in [9.17, 15) is 4.79 Å². The van der Waals surface area contributed by atoms with Crippen LogP contribution in [0.5, 0.6) is 5.75 Å². The standard InChI is InChI=1S/C19H23NO2/c1-13(2)22-18-9-7-6-8-16(18)19(21)20(5)17-11-10-14(3)12-15(17)4/h6-13H,1-5H3. The Morgan fingerprint density at radius 1 is 1.09 bits per heavy atom. The molecule has 0 unspecified atom stereocenters. The van der Waals surface area contributed by atoms with Gasteiger partial charge in [-0.15, -0.1) is 0 Å². The van der Waals surface area contributed by atoms with E-state index >= 15 is 0 Å². The lowest BCUT2D eigenvalue weighted by Gasteiger charge is -2.22. The molecule has 0 radical (unpaired) electrons. The number of aryl methyl sites for hydroxylation is 2. The molecule has 0 heterocycles. The average Bonchev–Trinajstić information content (AvgIpc) is 2.46. The summed E-state index contributed by atoms with van der Waals surface area (Å²) in [7, 11) is 1.80. The van der Waals surface area contributed by atoms with E-state index in [0.29, 0.717) is 11.3 Å². The van der Waals surface area contributed by atoms with Crippen molar-refractivity contribution in [1.29, 1.82) is 0 Å². The van der Waals surface area contributed by atoms with Gasteiger partial charge in [-0.3, -0.25) is 4.79 Å². The van der Waals surface area contributed by atoms with E-state index in [2.05, 4.69) is 6.07 Å². The molecule has 22 heavy (non-hydrogen) atoms. The van der Waals surface area contributed by atoms with Crippen molar-refractivity contribution < 1.29 is 9.53 Å². The lowest BCUT2D eigenvalue weighted by Crippen LogP contribution is -2.27. The van der Waals surface area contributed by atoms with Crippen LogP contribution in [0.1, 0.15) is 35.3 Å². The molecule has 0 aromatic heterocycles.